The highest BCUT2D eigenvalue weighted by Crippen LogP contribution is 2.36. The van der Waals surface area contributed by atoms with E-state index < -0.39 is 14.9 Å². The molecule has 304 valence electrons. The predicted molar refractivity (Wildman–Crippen MR) is 232 cm³/mol. The molecule has 1 heterocycles. The van der Waals surface area contributed by atoms with Crippen molar-refractivity contribution in [1.29, 1.82) is 0 Å². The first kappa shape index (κ1) is 42.8. The normalized spacial score (nSPS) is 14.1. The molecule has 1 aliphatic rings. The van der Waals surface area contributed by atoms with Gasteiger partial charge in [0.25, 0.3) is 11.6 Å². The van der Waals surface area contributed by atoms with Crippen LogP contribution in [0, 0.1) is 10.1 Å². The van der Waals surface area contributed by atoms with Gasteiger partial charge >= 0.3 is 0 Å². The summed E-state index contributed by atoms with van der Waals surface area (Å²) in [5, 5.41) is 21.0. The van der Waals surface area contributed by atoms with Crippen molar-refractivity contribution in [2.75, 3.05) is 70.7 Å². The van der Waals surface area contributed by atoms with Gasteiger partial charge in [-0.3, -0.25) is 19.8 Å². The number of thioether (sulfide) groups is 1. The third-order valence-corrected chi connectivity index (χ3v) is 12.3. The lowest BCUT2D eigenvalue weighted by Gasteiger charge is -2.36. The average molecular weight is 843 g/mol. The van der Waals surface area contributed by atoms with Gasteiger partial charge in [0.15, 0.2) is 0 Å². The minimum atomic E-state index is -4.22. The van der Waals surface area contributed by atoms with Gasteiger partial charge in [-0.15, -0.1) is 11.8 Å². The number of carbonyl (C=O) groups is 1. The van der Waals surface area contributed by atoms with Gasteiger partial charge in [0.1, 0.15) is 0 Å². The number of amides is 1. The van der Waals surface area contributed by atoms with Crippen molar-refractivity contribution in [2.45, 2.75) is 22.4 Å². The fourth-order valence-corrected chi connectivity index (χ4v) is 8.59. The number of primary sulfonamides is 1. The summed E-state index contributed by atoms with van der Waals surface area (Å²) in [5.41, 5.74) is 5.19. The van der Waals surface area contributed by atoms with E-state index in [1.54, 1.807) is 24.3 Å². The van der Waals surface area contributed by atoms with Gasteiger partial charge < -0.3 is 19.9 Å². The van der Waals surface area contributed by atoms with Crippen LogP contribution in [0.15, 0.2) is 125 Å². The van der Waals surface area contributed by atoms with Crippen molar-refractivity contribution in [3.05, 3.63) is 142 Å². The zero-order chi connectivity index (χ0) is 41.2. The number of piperazine rings is 1. The largest absolute Gasteiger partial charge is 0.378 e. The number of carbonyl (C=O) groups excluding carboxylic acids is 1. The molecule has 1 fully saturated rings. The summed E-state index contributed by atoms with van der Waals surface area (Å²) in [5.74, 6) is 0.271. The molecule has 1 aliphatic heterocycles. The van der Waals surface area contributed by atoms with Gasteiger partial charge in [-0.1, -0.05) is 66.2 Å². The highest BCUT2D eigenvalue weighted by molar-refractivity contribution is 7.99. The molecular formula is C43H47ClN6O6S2. The van der Waals surface area contributed by atoms with Gasteiger partial charge in [0.05, 0.1) is 34.6 Å². The second-order valence-corrected chi connectivity index (χ2v) is 17.4. The number of nitrogens with zero attached hydrogens (tertiary/aromatic N) is 4. The number of hydrogen-bond acceptors (Lipinski definition) is 10. The van der Waals surface area contributed by atoms with Crippen molar-refractivity contribution in [3.8, 4) is 22.3 Å². The van der Waals surface area contributed by atoms with Gasteiger partial charge in [0, 0.05) is 72.3 Å². The maximum atomic E-state index is 13.5. The topological polar surface area (TPSA) is 151 Å². The molecule has 0 saturated carbocycles. The molecule has 0 bridgehead atoms. The van der Waals surface area contributed by atoms with E-state index in [4.69, 9.17) is 21.5 Å². The Balaban J connectivity index is 1.06. The number of nitrogens with one attached hydrogen (secondary N) is 1. The third-order valence-electron chi connectivity index (χ3n) is 9.87. The number of nitro groups is 1. The molecule has 5 aromatic rings. The number of halogens is 1. The molecule has 1 atom stereocenters. The number of benzene rings is 5. The first-order valence-electron chi connectivity index (χ1n) is 18.8. The standard InChI is InChI=1S/C43H47ClN6O6S2/c1-47(2)26-27-56-29-36(30-57-38-20-14-32(15-21-38)42-40(50(52)53)8-5-9-41(42)58(45,54)55)46-43(51)33-12-18-37(19-13-33)49-24-22-48(23-25-49)28-34-6-3-4-7-39(34)31-10-16-35(44)17-11-31/h3-21,36H,22-30H2,1-2H3,(H,46,51)(H2,45,54,55)/t36-/m1/s1. The molecule has 3 N–H and O–H groups in total. The van der Waals surface area contributed by atoms with E-state index in [0.717, 1.165) is 60.4 Å². The lowest BCUT2D eigenvalue weighted by Crippen LogP contribution is -2.46. The van der Waals surface area contributed by atoms with E-state index >= 15 is 0 Å². The fourth-order valence-electron chi connectivity index (χ4n) is 6.78. The van der Waals surface area contributed by atoms with Crippen LogP contribution in [0.25, 0.3) is 22.3 Å². The maximum Gasteiger partial charge on any atom is 0.278 e. The molecule has 0 radical (unpaired) electrons. The highest BCUT2D eigenvalue weighted by Gasteiger charge is 2.25. The number of anilines is 1. The van der Waals surface area contributed by atoms with Crippen LogP contribution in [0.5, 0.6) is 0 Å². The van der Waals surface area contributed by atoms with Crippen molar-refractivity contribution in [3.63, 3.8) is 0 Å². The molecular weight excluding hydrogens is 796 g/mol. The van der Waals surface area contributed by atoms with Crippen molar-refractivity contribution >= 4 is 50.7 Å². The van der Waals surface area contributed by atoms with Crippen LogP contribution in [0.1, 0.15) is 15.9 Å². The summed E-state index contributed by atoms with van der Waals surface area (Å²) in [7, 11) is -0.297. The minimum absolute atomic E-state index is 0.0633. The van der Waals surface area contributed by atoms with Gasteiger partial charge in [-0.2, -0.15) is 0 Å². The molecule has 0 spiro atoms. The van der Waals surface area contributed by atoms with E-state index in [1.165, 1.54) is 41.1 Å². The quantitative estimate of drug-likeness (QED) is 0.0433. The van der Waals surface area contributed by atoms with Crippen LogP contribution in [0.3, 0.4) is 0 Å². The van der Waals surface area contributed by atoms with Crippen LogP contribution < -0.4 is 15.4 Å². The van der Waals surface area contributed by atoms with E-state index in [9.17, 15) is 23.3 Å². The lowest BCUT2D eigenvalue weighted by molar-refractivity contribution is -0.384. The first-order valence-corrected chi connectivity index (χ1v) is 21.7. The molecule has 1 saturated heterocycles. The van der Waals surface area contributed by atoms with E-state index in [2.05, 4.69) is 51.5 Å². The number of ether oxygens (including phenoxy) is 1. The maximum absolute atomic E-state index is 13.5. The molecule has 6 rings (SSSR count). The molecule has 58 heavy (non-hydrogen) atoms. The Kier molecular flexibility index (Phi) is 14.6. The number of likely N-dealkylation sites (N-methyl/N-ethyl adjacent to an activating group) is 1. The zero-order valence-electron chi connectivity index (χ0n) is 32.4. The average Bonchev–Trinajstić information content (AvgIpc) is 3.22. The Morgan fingerprint density at radius 2 is 1.59 bits per heavy atom. The van der Waals surface area contributed by atoms with Gasteiger partial charge in [-0.05, 0) is 90.9 Å². The summed E-state index contributed by atoms with van der Waals surface area (Å²) in [4.78, 5) is 32.0. The minimum Gasteiger partial charge on any atom is -0.378 e. The molecule has 0 unspecified atom stereocenters. The molecule has 0 aromatic heterocycles. The lowest BCUT2D eigenvalue weighted by atomic mass is 9.99. The van der Waals surface area contributed by atoms with Crippen LogP contribution in [-0.2, 0) is 21.3 Å². The van der Waals surface area contributed by atoms with E-state index in [0.29, 0.717) is 30.1 Å². The summed E-state index contributed by atoms with van der Waals surface area (Å²) < 4.78 is 30.5. The zero-order valence-corrected chi connectivity index (χ0v) is 34.8. The van der Waals surface area contributed by atoms with Crippen molar-refractivity contribution in [1.82, 2.24) is 15.1 Å². The number of nitro benzene ring substituents is 1. The Labute approximate surface area is 349 Å². The molecule has 1 amide bonds. The number of nitrogens with two attached hydrogens (primary N) is 1. The summed E-state index contributed by atoms with van der Waals surface area (Å²) in [6, 6.07) is 34.4. The second-order valence-electron chi connectivity index (χ2n) is 14.3. The molecule has 5 aromatic carbocycles. The van der Waals surface area contributed by atoms with E-state index in [-0.39, 0.29) is 28.1 Å². The van der Waals surface area contributed by atoms with Crippen molar-refractivity contribution in [2.24, 2.45) is 5.14 Å². The smallest absolute Gasteiger partial charge is 0.278 e. The molecule has 0 aliphatic carbocycles. The first-order chi connectivity index (χ1) is 27.9. The second kappa shape index (κ2) is 19.8. The number of hydrogen-bond donors (Lipinski definition) is 2. The van der Waals surface area contributed by atoms with Crippen LogP contribution in [-0.4, -0.2) is 101 Å². The molecule has 15 heteroatoms. The summed E-state index contributed by atoms with van der Waals surface area (Å²) in [6.45, 7) is 5.95. The monoisotopic (exact) mass is 842 g/mol. The SMILES string of the molecule is CN(C)CCOC[C@H](CSc1ccc(-c2c([N+](=O)[O-])cccc2S(N)(=O)=O)cc1)NC(=O)c1ccc(N2CCN(Cc3ccccc3-c3ccc(Cl)cc3)CC2)cc1. The van der Waals surface area contributed by atoms with Crippen LogP contribution >= 0.6 is 23.4 Å². The highest BCUT2D eigenvalue weighted by atomic mass is 35.5. The third kappa shape index (κ3) is 11.4. The van der Waals surface area contributed by atoms with E-state index in [1.807, 2.05) is 55.4 Å². The Morgan fingerprint density at radius 3 is 2.24 bits per heavy atom. The molecule has 12 nitrogen and oxygen atoms in total. The van der Waals surface area contributed by atoms with Gasteiger partial charge in [-0.25, -0.2) is 13.6 Å². The summed E-state index contributed by atoms with van der Waals surface area (Å²) >= 11 is 7.61. The number of sulfonamides is 1. The fraction of sp³-hybridized carbons (Fsp3) is 0.279. The summed E-state index contributed by atoms with van der Waals surface area (Å²) in [6.07, 6.45) is 0. The number of rotatable bonds is 17. The van der Waals surface area contributed by atoms with Crippen molar-refractivity contribution < 1.29 is 22.9 Å². The predicted octanol–water partition coefficient (Wildman–Crippen LogP) is 7.02. The van der Waals surface area contributed by atoms with Gasteiger partial charge in [0.2, 0.25) is 10.0 Å². The van der Waals surface area contributed by atoms with Crippen LogP contribution in [0.2, 0.25) is 5.02 Å². The van der Waals surface area contributed by atoms with Crippen LogP contribution in [0.4, 0.5) is 11.4 Å². The Hall–Kier alpha value is -4.80. The Morgan fingerprint density at radius 1 is 0.914 bits per heavy atom. The Bertz CT molecular complexity index is 2290.